The second kappa shape index (κ2) is 4.49. The van der Waals surface area contributed by atoms with Gasteiger partial charge >= 0.3 is 6.09 Å². The number of hydrogen-bond donors (Lipinski definition) is 0. The van der Waals surface area contributed by atoms with Gasteiger partial charge in [0.1, 0.15) is 0 Å². The molecule has 3 heteroatoms. The molecule has 1 aliphatic heterocycles. The number of nitrogens with zero attached hydrogens (tertiary/aromatic N) is 1. The van der Waals surface area contributed by atoms with E-state index in [0.717, 1.165) is 19.4 Å². The maximum absolute atomic E-state index is 11.3. The number of carbonyl (C=O) groups excluding carboxylic acids is 1. The Kier molecular flexibility index (Phi) is 3.58. The van der Waals surface area contributed by atoms with Gasteiger partial charge in [-0.05, 0) is 25.7 Å². The summed E-state index contributed by atoms with van der Waals surface area (Å²) in [6.07, 6.45) is 3.32. The number of methoxy groups -OCH3 is 1. The molecule has 1 heterocycles. The van der Waals surface area contributed by atoms with Crippen molar-refractivity contribution in [3.8, 4) is 0 Å². The van der Waals surface area contributed by atoms with Crippen LogP contribution in [0.2, 0.25) is 0 Å². The van der Waals surface area contributed by atoms with Crippen LogP contribution < -0.4 is 0 Å². The third-order valence-electron chi connectivity index (χ3n) is 2.97. The monoisotopic (exact) mass is 185 g/mol. The Balaban J connectivity index is 2.54. The van der Waals surface area contributed by atoms with Gasteiger partial charge in [-0.15, -0.1) is 0 Å². The van der Waals surface area contributed by atoms with E-state index in [9.17, 15) is 4.79 Å². The van der Waals surface area contributed by atoms with Gasteiger partial charge in [-0.25, -0.2) is 4.79 Å². The molecule has 0 spiro atoms. The van der Waals surface area contributed by atoms with Crippen molar-refractivity contribution in [1.82, 2.24) is 4.90 Å². The van der Waals surface area contributed by atoms with Gasteiger partial charge in [0.05, 0.1) is 7.11 Å². The van der Waals surface area contributed by atoms with Crippen molar-refractivity contribution in [1.29, 1.82) is 0 Å². The molecule has 1 saturated heterocycles. The molecule has 0 N–H and O–H groups in total. The number of amides is 1. The summed E-state index contributed by atoms with van der Waals surface area (Å²) in [5.41, 5.74) is 0. The van der Waals surface area contributed by atoms with Crippen molar-refractivity contribution in [3.63, 3.8) is 0 Å². The van der Waals surface area contributed by atoms with Crippen molar-refractivity contribution in [3.05, 3.63) is 0 Å². The molecule has 1 rings (SSSR count). The van der Waals surface area contributed by atoms with Crippen molar-refractivity contribution >= 4 is 6.09 Å². The lowest BCUT2D eigenvalue weighted by atomic mass is 9.92. The summed E-state index contributed by atoms with van der Waals surface area (Å²) in [5, 5.41) is 0. The average Bonchev–Trinajstić information content (AvgIpc) is 2.17. The smallest absolute Gasteiger partial charge is 0.409 e. The maximum Gasteiger partial charge on any atom is 0.409 e. The van der Waals surface area contributed by atoms with Gasteiger partial charge in [0.2, 0.25) is 0 Å². The molecule has 0 unspecified atom stereocenters. The Morgan fingerprint density at radius 2 is 2.23 bits per heavy atom. The summed E-state index contributed by atoms with van der Waals surface area (Å²) >= 11 is 0. The number of rotatable bonds is 1. The Morgan fingerprint density at radius 3 is 2.77 bits per heavy atom. The molecule has 0 aromatic rings. The standard InChI is InChI=1S/C10H19NO2/c1-4-9-6-5-8(2)11(7-9)10(12)13-3/h8-9H,4-7H2,1-3H3/t8-,9+/m0/s1. The van der Waals surface area contributed by atoms with Gasteiger partial charge in [0.15, 0.2) is 0 Å². The zero-order valence-electron chi connectivity index (χ0n) is 8.75. The Labute approximate surface area is 80.1 Å². The molecule has 13 heavy (non-hydrogen) atoms. The molecule has 1 amide bonds. The third-order valence-corrected chi connectivity index (χ3v) is 2.97. The zero-order valence-corrected chi connectivity index (χ0v) is 8.75. The second-order valence-corrected chi connectivity index (χ2v) is 3.82. The van der Waals surface area contributed by atoms with Gasteiger partial charge in [-0.2, -0.15) is 0 Å². The van der Waals surface area contributed by atoms with Crippen LogP contribution in [0.25, 0.3) is 0 Å². The highest BCUT2D eigenvalue weighted by Crippen LogP contribution is 2.24. The number of ether oxygens (including phenoxy) is 1. The van der Waals surface area contributed by atoms with E-state index in [1.807, 2.05) is 4.90 Å². The highest BCUT2D eigenvalue weighted by atomic mass is 16.5. The van der Waals surface area contributed by atoms with E-state index in [2.05, 4.69) is 13.8 Å². The normalized spacial score (nSPS) is 28.7. The minimum atomic E-state index is -0.175. The first kappa shape index (κ1) is 10.4. The lowest BCUT2D eigenvalue weighted by molar-refractivity contribution is 0.0772. The minimum absolute atomic E-state index is 0.175. The highest BCUT2D eigenvalue weighted by Gasteiger charge is 2.28. The molecule has 2 atom stereocenters. The first-order valence-corrected chi connectivity index (χ1v) is 5.03. The zero-order chi connectivity index (χ0) is 9.84. The van der Waals surface area contributed by atoms with E-state index in [1.165, 1.54) is 13.5 Å². The van der Waals surface area contributed by atoms with Gasteiger partial charge in [-0.1, -0.05) is 13.3 Å². The first-order chi connectivity index (χ1) is 6.19. The minimum Gasteiger partial charge on any atom is -0.453 e. The van der Waals surface area contributed by atoms with Gasteiger partial charge in [-0.3, -0.25) is 0 Å². The average molecular weight is 185 g/mol. The largest absolute Gasteiger partial charge is 0.453 e. The first-order valence-electron chi connectivity index (χ1n) is 5.03. The van der Waals surface area contributed by atoms with Crippen LogP contribution in [0.15, 0.2) is 0 Å². The summed E-state index contributed by atoms with van der Waals surface area (Å²) < 4.78 is 4.74. The summed E-state index contributed by atoms with van der Waals surface area (Å²) in [4.78, 5) is 13.2. The number of hydrogen-bond acceptors (Lipinski definition) is 2. The summed E-state index contributed by atoms with van der Waals surface area (Å²) in [7, 11) is 1.45. The number of likely N-dealkylation sites (tertiary alicyclic amines) is 1. The van der Waals surface area contributed by atoms with E-state index in [1.54, 1.807) is 0 Å². The Bertz CT molecular complexity index is 182. The molecule has 0 aromatic carbocycles. The molecular weight excluding hydrogens is 166 g/mol. The van der Waals surface area contributed by atoms with Crippen LogP contribution >= 0.6 is 0 Å². The maximum atomic E-state index is 11.3. The Hall–Kier alpha value is -0.730. The van der Waals surface area contributed by atoms with Crippen LogP contribution in [0.4, 0.5) is 4.79 Å². The van der Waals surface area contributed by atoms with E-state index in [0.29, 0.717) is 12.0 Å². The summed E-state index contributed by atoms with van der Waals surface area (Å²) in [6, 6.07) is 0.343. The van der Waals surface area contributed by atoms with Crippen molar-refractivity contribution in [2.75, 3.05) is 13.7 Å². The summed E-state index contributed by atoms with van der Waals surface area (Å²) in [6.45, 7) is 5.13. The Morgan fingerprint density at radius 1 is 1.54 bits per heavy atom. The van der Waals surface area contributed by atoms with Crippen LogP contribution in [-0.4, -0.2) is 30.7 Å². The highest BCUT2D eigenvalue weighted by molar-refractivity contribution is 5.67. The van der Waals surface area contributed by atoms with Crippen molar-refractivity contribution in [2.24, 2.45) is 5.92 Å². The van der Waals surface area contributed by atoms with Crippen LogP contribution in [-0.2, 0) is 4.74 Å². The predicted octanol–water partition coefficient (Wildman–Crippen LogP) is 2.26. The fourth-order valence-corrected chi connectivity index (χ4v) is 1.89. The molecule has 1 fully saturated rings. The molecule has 0 bridgehead atoms. The quantitative estimate of drug-likeness (QED) is 0.627. The van der Waals surface area contributed by atoms with Crippen LogP contribution in [0.1, 0.15) is 33.1 Å². The van der Waals surface area contributed by atoms with Crippen molar-refractivity contribution < 1.29 is 9.53 Å². The third kappa shape index (κ3) is 2.36. The van der Waals surface area contributed by atoms with Crippen LogP contribution in [0.5, 0.6) is 0 Å². The molecule has 1 aliphatic rings. The second-order valence-electron chi connectivity index (χ2n) is 3.82. The molecular formula is C10H19NO2. The lowest BCUT2D eigenvalue weighted by Gasteiger charge is -2.36. The number of piperidine rings is 1. The predicted molar refractivity (Wildman–Crippen MR) is 51.6 cm³/mol. The van der Waals surface area contributed by atoms with Gasteiger partial charge in [0, 0.05) is 12.6 Å². The molecule has 76 valence electrons. The lowest BCUT2D eigenvalue weighted by Crippen LogP contribution is -2.45. The topological polar surface area (TPSA) is 29.5 Å². The van der Waals surface area contributed by atoms with Crippen molar-refractivity contribution in [2.45, 2.75) is 39.2 Å². The van der Waals surface area contributed by atoms with E-state index in [-0.39, 0.29) is 6.09 Å². The SMILES string of the molecule is CC[C@@H]1CC[C@H](C)N(C(=O)OC)C1. The molecule has 0 saturated carbocycles. The summed E-state index contributed by atoms with van der Waals surface area (Å²) in [5.74, 6) is 0.662. The fraction of sp³-hybridized carbons (Fsp3) is 0.900. The van der Waals surface area contributed by atoms with Crippen LogP contribution in [0, 0.1) is 5.92 Å². The van der Waals surface area contributed by atoms with E-state index < -0.39 is 0 Å². The van der Waals surface area contributed by atoms with E-state index in [4.69, 9.17) is 4.74 Å². The molecule has 0 radical (unpaired) electrons. The van der Waals surface area contributed by atoms with Crippen LogP contribution in [0.3, 0.4) is 0 Å². The molecule has 0 aromatic heterocycles. The number of carbonyl (C=O) groups is 1. The van der Waals surface area contributed by atoms with Gasteiger partial charge in [0.25, 0.3) is 0 Å². The fourth-order valence-electron chi connectivity index (χ4n) is 1.89. The molecule has 0 aliphatic carbocycles. The van der Waals surface area contributed by atoms with Gasteiger partial charge < -0.3 is 9.64 Å². The molecule has 3 nitrogen and oxygen atoms in total. The van der Waals surface area contributed by atoms with E-state index >= 15 is 0 Å².